The minimum absolute atomic E-state index is 0.192. The van der Waals surface area contributed by atoms with Crippen LogP contribution in [0.15, 0.2) is 90.5 Å². The standard InChI is InChI=1S/C26H21N3O2/c30-26(27-16-18-8-2-1-3-9-18)21(25-28-22-11-5-6-12-23(22)29-25)15-19-14-20-10-4-7-13-24(20)31-17-19/h1-15H,16-17H2,(H,27,30)(H,28,29)/b21-15+. The fourth-order valence-corrected chi connectivity index (χ4v) is 3.60. The molecule has 0 saturated carbocycles. The number of imidazole rings is 1. The first-order valence-electron chi connectivity index (χ1n) is 10.2. The molecule has 152 valence electrons. The maximum atomic E-state index is 13.2. The number of carbonyl (C=O) groups excluding carboxylic acids is 1. The highest BCUT2D eigenvalue weighted by molar-refractivity contribution is 6.19. The van der Waals surface area contributed by atoms with Crippen LogP contribution in [-0.2, 0) is 11.3 Å². The number of amides is 1. The molecule has 5 nitrogen and oxygen atoms in total. The first-order valence-corrected chi connectivity index (χ1v) is 10.2. The van der Waals surface area contributed by atoms with E-state index < -0.39 is 0 Å². The van der Waals surface area contributed by atoms with E-state index in [1.807, 2.05) is 91.0 Å². The van der Waals surface area contributed by atoms with Crippen LogP contribution in [-0.4, -0.2) is 22.5 Å². The molecule has 0 atom stereocenters. The first-order chi connectivity index (χ1) is 15.3. The molecule has 0 fully saturated rings. The summed E-state index contributed by atoms with van der Waals surface area (Å²) in [6.07, 6.45) is 3.90. The highest BCUT2D eigenvalue weighted by Crippen LogP contribution is 2.28. The number of aromatic amines is 1. The van der Waals surface area contributed by atoms with Gasteiger partial charge in [-0.25, -0.2) is 4.98 Å². The Morgan fingerprint density at radius 3 is 2.65 bits per heavy atom. The average Bonchev–Trinajstić information content (AvgIpc) is 3.25. The van der Waals surface area contributed by atoms with E-state index in [-0.39, 0.29) is 5.91 Å². The fraction of sp³-hybridized carbons (Fsp3) is 0.0769. The molecule has 31 heavy (non-hydrogen) atoms. The number of ether oxygens (including phenoxy) is 1. The zero-order chi connectivity index (χ0) is 21.0. The largest absolute Gasteiger partial charge is 0.488 e. The molecule has 5 rings (SSSR count). The summed E-state index contributed by atoms with van der Waals surface area (Å²) in [6.45, 7) is 0.836. The van der Waals surface area contributed by atoms with Crippen molar-refractivity contribution in [3.05, 3.63) is 107 Å². The average molecular weight is 407 g/mol. The molecule has 0 unspecified atom stereocenters. The Labute approximate surface area is 180 Å². The zero-order valence-corrected chi connectivity index (χ0v) is 16.8. The predicted molar refractivity (Wildman–Crippen MR) is 122 cm³/mol. The normalized spacial score (nSPS) is 13.3. The highest BCUT2D eigenvalue weighted by atomic mass is 16.5. The number of aromatic nitrogens is 2. The van der Waals surface area contributed by atoms with E-state index >= 15 is 0 Å². The number of fused-ring (bicyclic) bond motifs is 2. The lowest BCUT2D eigenvalue weighted by atomic mass is 10.0. The molecular weight excluding hydrogens is 386 g/mol. The van der Waals surface area contributed by atoms with Crippen LogP contribution in [0.5, 0.6) is 5.75 Å². The summed E-state index contributed by atoms with van der Waals surface area (Å²) in [4.78, 5) is 21.1. The van der Waals surface area contributed by atoms with Crippen LogP contribution in [0.2, 0.25) is 0 Å². The van der Waals surface area contributed by atoms with Gasteiger partial charge in [0.2, 0.25) is 0 Å². The minimum Gasteiger partial charge on any atom is -0.488 e. The third-order valence-electron chi connectivity index (χ3n) is 5.17. The third-order valence-corrected chi connectivity index (χ3v) is 5.17. The molecule has 2 N–H and O–H groups in total. The lowest BCUT2D eigenvalue weighted by Gasteiger charge is -2.16. The number of carbonyl (C=O) groups is 1. The van der Waals surface area contributed by atoms with Crippen molar-refractivity contribution in [3.63, 3.8) is 0 Å². The number of rotatable bonds is 5. The summed E-state index contributed by atoms with van der Waals surface area (Å²) in [6, 6.07) is 25.5. The van der Waals surface area contributed by atoms with E-state index in [4.69, 9.17) is 4.74 Å². The van der Waals surface area contributed by atoms with Crippen LogP contribution in [0.4, 0.5) is 0 Å². The fourth-order valence-electron chi connectivity index (χ4n) is 3.60. The quantitative estimate of drug-likeness (QED) is 0.470. The van der Waals surface area contributed by atoms with Crippen LogP contribution in [0, 0.1) is 0 Å². The molecule has 1 aliphatic heterocycles. The van der Waals surface area contributed by atoms with Crippen molar-refractivity contribution in [2.75, 3.05) is 6.61 Å². The lowest BCUT2D eigenvalue weighted by molar-refractivity contribution is -0.115. The van der Waals surface area contributed by atoms with Gasteiger partial charge in [0.1, 0.15) is 18.2 Å². The van der Waals surface area contributed by atoms with E-state index in [2.05, 4.69) is 15.3 Å². The molecule has 0 saturated heterocycles. The van der Waals surface area contributed by atoms with Crippen LogP contribution in [0.3, 0.4) is 0 Å². The molecule has 0 bridgehead atoms. The third kappa shape index (κ3) is 4.12. The first kappa shape index (κ1) is 18.9. The predicted octanol–water partition coefficient (Wildman–Crippen LogP) is 4.74. The van der Waals surface area contributed by atoms with E-state index in [1.54, 1.807) is 0 Å². The molecule has 2 heterocycles. The van der Waals surface area contributed by atoms with Crippen LogP contribution >= 0.6 is 0 Å². The Bertz CT molecular complexity index is 1270. The second-order valence-electron chi connectivity index (χ2n) is 7.37. The maximum absolute atomic E-state index is 13.2. The van der Waals surface area contributed by atoms with E-state index in [1.165, 1.54) is 0 Å². The van der Waals surface area contributed by atoms with Gasteiger partial charge in [-0.3, -0.25) is 4.79 Å². The van der Waals surface area contributed by atoms with Gasteiger partial charge < -0.3 is 15.0 Å². The van der Waals surface area contributed by atoms with Crippen molar-refractivity contribution in [1.29, 1.82) is 0 Å². The topological polar surface area (TPSA) is 67.0 Å². The molecular formula is C26H21N3O2. The van der Waals surface area contributed by atoms with Gasteiger partial charge in [0, 0.05) is 12.1 Å². The zero-order valence-electron chi connectivity index (χ0n) is 16.8. The number of nitrogens with one attached hydrogen (secondary N) is 2. The summed E-state index contributed by atoms with van der Waals surface area (Å²) < 4.78 is 5.87. The molecule has 0 aliphatic carbocycles. The number of hydrogen-bond acceptors (Lipinski definition) is 3. The van der Waals surface area contributed by atoms with Gasteiger partial charge in [0.25, 0.3) is 5.91 Å². The Morgan fingerprint density at radius 1 is 1.00 bits per heavy atom. The summed E-state index contributed by atoms with van der Waals surface area (Å²) in [5, 5.41) is 3.02. The van der Waals surface area contributed by atoms with Crippen molar-refractivity contribution < 1.29 is 9.53 Å². The van der Waals surface area contributed by atoms with Crippen molar-refractivity contribution >= 4 is 28.6 Å². The van der Waals surface area contributed by atoms with Crippen LogP contribution in [0.25, 0.3) is 22.7 Å². The molecule has 4 aromatic rings. The van der Waals surface area contributed by atoms with Crippen LogP contribution in [0.1, 0.15) is 17.0 Å². The Morgan fingerprint density at radius 2 is 1.77 bits per heavy atom. The van der Waals surface area contributed by atoms with Crippen molar-refractivity contribution in [1.82, 2.24) is 15.3 Å². The van der Waals surface area contributed by atoms with Crippen LogP contribution < -0.4 is 10.1 Å². The van der Waals surface area contributed by atoms with Gasteiger partial charge in [0.15, 0.2) is 0 Å². The summed E-state index contributed by atoms with van der Waals surface area (Å²) >= 11 is 0. The van der Waals surface area contributed by atoms with E-state index in [0.717, 1.165) is 33.5 Å². The number of nitrogens with zero attached hydrogens (tertiary/aromatic N) is 1. The van der Waals surface area contributed by atoms with Gasteiger partial charge in [0.05, 0.1) is 16.6 Å². The maximum Gasteiger partial charge on any atom is 0.255 e. The second-order valence-corrected chi connectivity index (χ2v) is 7.37. The summed E-state index contributed by atoms with van der Waals surface area (Å²) in [5.74, 6) is 1.19. The molecule has 1 amide bonds. The van der Waals surface area contributed by atoms with E-state index in [0.29, 0.717) is 24.5 Å². The number of benzene rings is 3. The molecule has 5 heteroatoms. The number of H-pyrrole nitrogens is 1. The summed E-state index contributed by atoms with van der Waals surface area (Å²) in [7, 11) is 0. The molecule has 0 spiro atoms. The Balaban J connectivity index is 1.50. The SMILES string of the molecule is O=C(NCc1ccccc1)/C(=C/C1=Cc2ccccc2OC1)c1nc2ccccc2[nH]1. The smallest absolute Gasteiger partial charge is 0.255 e. The summed E-state index contributed by atoms with van der Waals surface area (Å²) in [5.41, 5.74) is 5.12. The Hall–Kier alpha value is -4.12. The molecule has 1 aliphatic rings. The van der Waals surface area contributed by atoms with Crippen molar-refractivity contribution in [2.45, 2.75) is 6.54 Å². The van der Waals surface area contributed by atoms with E-state index in [9.17, 15) is 4.79 Å². The monoisotopic (exact) mass is 407 g/mol. The second kappa shape index (κ2) is 8.32. The van der Waals surface area contributed by atoms with Gasteiger partial charge in [-0.1, -0.05) is 60.7 Å². The Kier molecular flexibility index (Phi) is 5.07. The lowest BCUT2D eigenvalue weighted by Crippen LogP contribution is -2.24. The number of hydrogen-bond donors (Lipinski definition) is 2. The van der Waals surface area contributed by atoms with Crippen molar-refractivity contribution in [3.8, 4) is 5.75 Å². The molecule has 1 aromatic heterocycles. The van der Waals surface area contributed by atoms with Gasteiger partial charge in [-0.15, -0.1) is 0 Å². The van der Waals surface area contributed by atoms with Gasteiger partial charge in [-0.05, 0) is 41.5 Å². The van der Waals surface area contributed by atoms with Gasteiger partial charge in [-0.2, -0.15) is 0 Å². The van der Waals surface area contributed by atoms with Gasteiger partial charge >= 0.3 is 0 Å². The number of para-hydroxylation sites is 3. The highest BCUT2D eigenvalue weighted by Gasteiger charge is 2.18. The molecule has 0 radical (unpaired) electrons. The van der Waals surface area contributed by atoms with Crippen molar-refractivity contribution in [2.24, 2.45) is 0 Å². The molecule has 3 aromatic carbocycles. The minimum atomic E-state index is -0.192.